The predicted molar refractivity (Wildman–Crippen MR) is 85.2 cm³/mol. The Hall–Kier alpha value is -1.59. The van der Waals surface area contributed by atoms with Gasteiger partial charge >= 0.3 is 0 Å². The van der Waals surface area contributed by atoms with Crippen molar-refractivity contribution in [3.05, 3.63) is 56.1 Å². The highest BCUT2D eigenvalue weighted by atomic mass is 35.5. The summed E-state index contributed by atoms with van der Waals surface area (Å²) >= 11 is 11.8. The number of nitrogens with zero attached hydrogens (tertiary/aromatic N) is 1. The first-order valence-electron chi connectivity index (χ1n) is 5.95. The molecule has 116 valence electrons. The lowest BCUT2D eigenvalue weighted by molar-refractivity contribution is -0.383. The summed E-state index contributed by atoms with van der Waals surface area (Å²) in [6, 6.07) is 6.95. The van der Waals surface area contributed by atoms with E-state index in [1.807, 2.05) is 0 Å². The van der Waals surface area contributed by atoms with E-state index in [2.05, 4.69) is 0 Å². The fraction of sp³-hybridized carbons (Fsp3) is 0.0769. The number of hydrogen-bond donors (Lipinski definition) is 1. The molecule has 6 nitrogen and oxygen atoms in total. The lowest BCUT2D eigenvalue weighted by Gasteiger charge is -2.11. The van der Waals surface area contributed by atoms with Gasteiger partial charge in [-0.15, -0.1) is 0 Å². The monoisotopic (exact) mass is 361 g/mol. The van der Waals surface area contributed by atoms with Crippen molar-refractivity contribution in [3.8, 4) is 11.5 Å². The van der Waals surface area contributed by atoms with Gasteiger partial charge in [0, 0.05) is 17.2 Å². The van der Waals surface area contributed by atoms with E-state index in [-0.39, 0.29) is 21.8 Å². The number of benzene rings is 2. The molecule has 0 fully saturated rings. The summed E-state index contributed by atoms with van der Waals surface area (Å²) in [5, 5.41) is 11.3. The fourth-order valence-corrected chi connectivity index (χ4v) is 2.87. The standard InChI is InChI=1S/C13H10Cl2NO5P/c1-7-4-10(16(17)18)13(22(19)20)6-12(7)21-11-3-2-8(14)5-9(11)15/h2-6,22H,1H3,(H,19,20). The summed E-state index contributed by atoms with van der Waals surface area (Å²) in [5.74, 6) is 0.490. The Bertz CT molecular complexity index is 781. The molecule has 0 radical (unpaired) electrons. The molecule has 0 aliphatic rings. The van der Waals surface area contributed by atoms with Crippen LogP contribution >= 0.6 is 31.2 Å². The van der Waals surface area contributed by atoms with Crippen molar-refractivity contribution in [2.24, 2.45) is 0 Å². The summed E-state index contributed by atoms with van der Waals surface area (Å²) < 4.78 is 16.9. The first-order valence-corrected chi connectivity index (χ1v) is 8.06. The van der Waals surface area contributed by atoms with Crippen LogP contribution in [0.2, 0.25) is 10.0 Å². The average molecular weight is 362 g/mol. The highest BCUT2D eigenvalue weighted by Crippen LogP contribution is 2.35. The van der Waals surface area contributed by atoms with Crippen LogP contribution in [0.5, 0.6) is 11.5 Å². The van der Waals surface area contributed by atoms with Crippen LogP contribution in [0.4, 0.5) is 5.69 Å². The normalized spacial score (nSPS) is 12.0. The molecule has 0 aromatic heterocycles. The number of hydrogen-bond acceptors (Lipinski definition) is 4. The van der Waals surface area contributed by atoms with Gasteiger partial charge in [-0.1, -0.05) is 23.2 Å². The first-order chi connectivity index (χ1) is 10.3. The van der Waals surface area contributed by atoms with Crippen LogP contribution in [0.25, 0.3) is 0 Å². The van der Waals surface area contributed by atoms with Gasteiger partial charge in [-0.25, -0.2) is 0 Å². The third kappa shape index (κ3) is 3.59. The van der Waals surface area contributed by atoms with Crippen LogP contribution in [-0.2, 0) is 4.57 Å². The second-order valence-corrected chi connectivity index (χ2v) is 6.37. The summed E-state index contributed by atoms with van der Waals surface area (Å²) in [5.41, 5.74) is 0.0168. The minimum absolute atomic E-state index is 0.206. The summed E-state index contributed by atoms with van der Waals surface area (Å²) in [7, 11) is -3.26. The fourth-order valence-electron chi connectivity index (χ4n) is 1.78. The van der Waals surface area contributed by atoms with Crippen molar-refractivity contribution < 1.29 is 19.1 Å². The van der Waals surface area contributed by atoms with Crippen molar-refractivity contribution in [2.45, 2.75) is 6.92 Å². The molecule has 2 rings (SSSR count). The van der Waals surface area contributed by atoms with Gasteiger partial charge in [-0.05, 0) is 30.7 Å². The van der Waals surface area contributed by atoms with Crippen molar-refractivity contribution >= 4 is 42.2 Å². The Balaban J connectivity index is 2.49. The van der Waals surface area contributed by atoms with Gasteiger partial charge in [0.2, 0.25) is 8.03 Å². The quantitative estimate of drug-likeness (QED) is 0.503. The Kier molecular flexibility index (Phi) is 5.08. The number of nitro groups is 1. The second-order valence-electron chi connectivity index (χ2n) is 4.37. The molecule has 0 heterocycles. The molecule has 0 aliphatic carbocycles. The molecule has 0 saturated heterocycles. The maximum Gasteiger partial charge on any atom is 0.282 e. The van der Waals surface area contributed by atoms with Crippen molar-refractivity contribution in [2.75, 3.05) is 0 Å². The smallest absolute Gasteiger partial charge is 0.282 e. The molecular formula is C13H10Cl2NO5P. The van der Waals surface area contributed by atoms with E-state index in [4.69, 9.17) is 27.9 Å². The van der Waals surface area contributed by atoms with E-state index >= 15 is 0 Å². The van der Waals surface area contributed by atoms with Crippen molar-refractivity contribution in [3.63, 3.8) is 0 Å². The number of ether oxygens (including phenoxy) is 1. The molecule has 0 amide bonds. The van der Waals surface area contributed by atoms with Gasteiger partial charge in [0.05, 0.1) is 9.95 Å². The van der Waals surface area contributed by atoms with Crippen molar-refractivity contribution in [1.29, 1.82) is 0 Å². The zero-order valence-electron chi connectivity index (χ0n) is 11.2. The molecule has 1 N–H and O–H groups in total. The number of halogens is 2. The molecular weight excluding hydrogens is 352 g/mol. The molecule has 0 spiro atoms. The van der Waals surface area contributed by atoms with Gasteiger partial charge in [0.15, 0.2) is 0 Å². The zero-order valence-corrected chi connectivity index (χ0v) is 13.7. The minimum atomic E-state index is -3.26. The van der Waals surface area contributed by atoms with Gasteiger partial charge in [0.1, 0.15) is 16.8 Å². The van der Waals surface area contributed by atoms with Crippen LogP contribution in [-0.4, -0.2) is 9.82 Å². The molecule has 22 heavy (non-hydrogen) atoms. The van der Waals surface area contributed by atoms with E-state index in [0.29, 0.717) is 10.6 Å². The lowest BCUT2D eigenvalue weighted by Crippen LogP contribution is -2.07. The molecule has 1 unspecified atom stereocenters. The molecule has 0 aliphatic heterocycles. The van der Waals surface area contributed by atoms with Gasteiger partial charge in [0.25, 0.3) is 5.69 Å². The predicted octanol–water partition coefficient (Wildman–Crippen LogP) is 4.09. The topological polar surface area (TPSA) is 89.7 Å². The molecule has 0 bridgehead atoms. The van der Waals surface area contributed by atoms with E-state index in [9.17, 15) is 19.6 Å². The van der Waals surface area contributed by atoms with Crippen LogP contribution in [0, 0.1) is 17.0 Å². The summed E-state index contributed by atoms with van der Waals surface area (Å²) in [4.78, 5) is 19.5. The van der Waals surface area contributed by atoms with Crippen LogP contribution in [0.15, 0.2) is 30.3 Å². The SMILES string of the molecule is Cc1cc([N+](=O)[O-])c([PH](=O)O)cc1Oc1ccc(Cl)cc1Cl. The van der Waals surface area contributed by atoms with Gasteiger partial charge < -0.3 is 9.63 Å². The Labute approximate surface area is 136 Å². The highest BCUT2D eigenvalue weighted by molar-refractivity contribution is 7.47. The minimum Gasteiger partial charge on any atom is -0.455 e. The van der Waals surface area contributed by atoms with E-state index in [0.717, 1.165) is 0 Å². The third-order valence-electron chi connectivity index (χ3n) is 2.83. The Morgan fingerprint density at radius 1 is 1.23 bits per heavy atom. The van der Waals surface area contributed by atoms with Gasteiger partial charge in [-0.3, -0.25) is 14.7 Å². The van der Waals surface area contributed by atoms with E-state index in [1.54, 1.807) is 13.0 Å². The molecule has 2 aromatic rings. The average Bonchev–Trinajstić information content (AvgIpc) is 2.42. The van der Waals surface area contributed by atoms with Crippen LogP contribution in [0.1, 0.15) is 5.56 Å². The van der Waals surface area contributed by atoms with Crippen LogP contribution < -0.4 is 10.0 Å². The largest absolute Gasteiger partial charge is 0.455 e. The van der Waals surface area contributed by atoms with Crippen LogP contribution in [0.3, 0.4) is 0 Å². The maximum atomic E-state index is 11.3. The molecule has 2 aromatic carbocycles. The van der Waals surface area contributed by atoms with E-state index < -0.39 is 18.6 Å². The van der Waals surface area contributed by atoms with Crippen molar-refractivity contribution in [1.82, 2.24) is 0 Å². The Morgan fingerprint density at radius 3 is 2.45 bits per heavy atom. The number of rotatable bonds is 4. The van der Waals surface area contributed by atoms with Gasteiger partial charge in [-0.2, -0.15) is 0 Å². The maximum absolute atomic E-state index is 11.3. The second kappa shape index (κ2) is 6.67. The molecule has 0 saturated carbocycles. The number of aryl methyl sites for hydroxylation is 1. The number of nitro benzene ring substituents is 1. The lowest BCUT2D eigenvalue weighted by atomic mass is 10.2. The Morgan fingerprint density at radius 2 is 1.91 bits per heavy atom. The summed E-state index contributed by atoms with van der Waals surface area (Å²) in [6.07, 6.45) is 0. The molecule has 9 heteroatoms. The highest BCUT2D eigenvalue weighted by Gasteiger charge is 2.21. The first kappa shape index (κ1) is 16.8. The molecule has 1 atom stereocenters. The summed E-state index contributed by atoms with van der Waals surface area (Å²) in [6.45, 7) is 1.59. The third-order valence-corrected chi connectivity index (χ3v) is 4.23. The zero-order chi connectivity index (χ0) is 16.4. The van der Waals surface area contributed by atoms with E-state index in [1.165, 1.54) is 24.3 Å².